The lowest BCUT2D eigenvalue weighted by Crippen LogP contribution is -2.28. The van der Waals surface area contributed by atoms with E-state index in [1.54, 1.807) is 24.3 Å². The summed E-state index contributed by atoms with van der Waals surface area (Å²) in [6.07, 6.45) is 1.01. The van der Waals surface area contributed by atoms with Crippen molar-refractivity contribution in [1.82, 2.24) is 5.32 Å². The van der Waals surface area contributed by atoms with E-state index >= 15 is 0 Å². The Morgan fingerprint density at radius 1 is 0.875 bits per heavy atom. The van der Waals surface area contributed by atoms with Gasteiger partial charge in [-0.25, -0.2) is 8.42 Å². The fourth-order valence-corrected chi connectivity index (χ4v) is 3.81. The quantitative estimate of drug-likeness (QED) is 0.473. The highest BCUT2D eigenvalue weighted by atomic mass is 35.5. The van der Waals surface area contributed by atoms with Crippen LogP contribution in [-0.4, -0.2) is 26.5 Å². The van der Waals surface area contributed by atoms with E-state index in [1.807, 2.05) is 37.3 Å². The van der Waals surface area contributed by atoms with Gasteiger partial charge in [-0.2, -0.15) is 0 Å². The van der Waals surface area contributed by atoms with Crippen LogP contribution in [0.15, 0.2) is 72.8 Å². The maximum Gasteiger partial charge on any atom is 0.257 e. The molecule has 0 spiro atoms. The molecule has 0 aliphatic heterocycles. The van der Waals surface area contributed by atoms with Gasteiger partial charge in [0.15, 0.2) is 0 Å². The highest BCUT2D eigenvalue weighted by Gasteiger charge is 2.18. The minimum Gasteiger partial charge on any atom is -0.345 e. The summed E-state index contributed by atoms with van der Waals surface area (Å²) < 4.78 is 25.3. The fourth-order valence-electron chi connectivity index (χ4n) is 3.06. The molecule has 0 aromatic heterocycles. The van der Waals surface area contributed by atoms with Crippen molar-refractivity contribution in [3.8, 4) is 0 Å². The SMILES string of the molecule is C[C@@H](NC(=O)c1ccccc1NC(=O)c1cc(NS(C)(=O)=O)ccc1Cl)c1ccccc1. The molecule has 0 saturated heterocycles. The minimum absolute atomic E-state index is 0.0631. The number of carbonyl (C=O) groups is 2. The predicted octanol–water partition coefficient (Wildman–Crippen LogP) is 4.45. The highest BCUT2D eigenvalue weighted by molar-refractivity contribution is 7.92. The van der Waals surface area contributed by atoms with Crippen LogP contribution in [0, 0.1) is 0 Å². The summed E-state index contributed by atoms with van der Waals surface area (Å²) in [4.78, 5) is 25.7. The molecule has 3 aromatic carbocycles. The predicted molar refractivity (Wildman–Crippen MR) is 127 cm³/mol. The molecule has 0 fully saturated rings. The Bertz CT molecular complexity index is 1250. The van der Waals surface area contributed by atoms with Crippen LogP contribution in [-0.2, 0) is 10.0 Å². The molecule has 0 bridgehead atoms. The number of nitrogens with one attached hydrogen (secondary N) is 3. The van der Waals surface area contributed by atoms with E-state index in [0.29, 0.717) is 5.69 Å². The molecule has 3 aromatic rings. The van der Waals surface area contributed by atoms with Gasteiger partial charge in [-0.1, -0.05) is 54.1 Å². The molecule has 0 saturated carbocycles. The molecule has 3 rings (SSSR count). The molecule has 7 nitrogen and oxygen atoms in total. The largest absolute Gasteiger partial charge is 0.345 e. The summed E-state index contributed by atoms with van der Waals surface area (Å²) >= 11 is 6.15. The van der Waals surface area contributed by atoms with Crippen LogP contribution >= 0.6 is 11.6 Å². The van der Waals surface area contributed by atoms with Crippen molar-refractivity contribution in [2.24, 2.45) is 0 Å². The average molecular weight is 472 g/mol. The highest BCUT2D eigenvalue weighted by Crippen LogP contribution is 2.24. The number of halogens is 1. The van der Waals surface area contributed by atoms with Crippen molar-refractivity contribution < 1.29 is 18.0 Å². The van der Waals surface area contributed by atoms with Gasteiger partial charge in [-0.3, -0.25) is 14.3 Å². The van der Waals surface area contributed by atoms with Gasteiger partial charge in [0.25, 0.3) is 11.8 Å². The minimum atomic E-state index is -3.52. The Labute approximate surface area is 191 Å². The lowest BCUT2D eigenvalue weighted by molar-refractivity contribution is 0.0940. The van der Waals surface area contributed by atoms with Crippen molar-refractivity contribution in [2.45, 2.75) is 13.0 Å². The molecule has 32 heavy (non-hydrogen) atoms. The summed E-state index contributed by atoms with van der Waals surface area (Å²) in [5.74, 6) is -0.931. The standard InChI is InChI=1S/C23H22ClN3O4S/c1-15(16-8-4-3-5-9-16)25-22(28)18-10-6-7-11-21(18)26-23(29)19-14-17(12-13-20(19)24)27-32(2,30)31/h3-15,27H,1-2H3,(H,25,28)(H,26,29)/t15-/m1/s1. The Morgan fingerprint density at radius 3 is 2.22 bits per heavy atom. The number of rotatable bonds is 7. The second-order valence-corrected chi connectivity index (χ2v) is 9.33. The molecule has 0 aliphatic rings. The first-order valence-electron chi connectivity index (χ1n) is 9.67. The summed E-state index contributed by atoms with van der Waals surface area (Å²) in [7, 11) is -3.52. The number of sulfonamides is 1. The van der Waals surface area contributed by atoms with Crippen LogP contribution < -0.4 is 15.4 Å². The second-order valence-electron chi connectivity index (χ2n) is 7.17. The first-order chi connectivity index (χ1) is 15.1. The van der Waals surface area contributed by atoms with Crippen molar-refractivity contribution in [3.05, 3.63) is 94.5 Å². The Hall–Kier alpha value is -3.36. The van der Waals surface area contributed by atoms with Gasteiger partial charge in [0.1, 0.15) is 0 Å². The van der Waals surface area contributed by atoms with E-state index in [-0.39, 0.29) is 33.8 Å². The molecule has 3 N–H and O–H groups in total. The summed E-state index contributed by atoms with van der Waals surface area (Å²) in [6, 6.07) is 20.1. The lowest BCUT2D eigenvalue weighted by atomic mass is 10.1. The number of hydrogen-bond donors (Lipinski definition) is 3. The second kappa shape index (κ2) is 9.84. The van der Waals surface area contributed by atoms with E-state index in [2.05, 4.69) is 15.4 Å². The summed E-state index contributed by atoms with van der Waals surface area (Å²) in [5, 5.41) is 5.75. The number of carbonyl (C=O) groups excluding carboxylic acids is 2. The van der Waals surface area contributed by atoms with E-state index < -0.39 is 15.9 Å². The van der Waals surface area contributed by atoms with Crippen molar-refractivity contribution in [2.75, 3.05) is 16.3 Å². The van der Waals surface area contributed by atoms with Gasteiger partial charge >= 0.3 is 0 Å². The first kappa shape index (κ1) is 23.3. The lowest BCUT2D eigenvalue weighted by Gasteiger charge is -2.17. The van der Waals surface area contributed by atoms with Crippen LogP contribution in [0.25, 0.3) is 0 Å². The van der Waals surface area contributed by atoms with Gasteiger partial charge in [-0.05, 0) is 42.8 Å². The third-order valence-corrected chi connectivity index (χ3v) is 5.52. The first-order valence-corrected chi connectivity index (χ1v) is 11.9. The van der Waals surface area contributed by atoms with Crippen LogP contribution in [0.4, 0.5) is 11.4 Å². The van der Waals surface area contributed by atoms with E-state index in [0.717, 1.165) is 11.8 Å². The number of amides is 2. The average Bonchev–Trinajstić information content (AvgIpc) is 2.75. The monoisotopic (exact) mass is 471 g/mol. The number of anilines is 2. The number of para-hydroxylation sites is 1. The molecule has 2 amide bonds. The van der Waals surface area contributed by atoms with Crippen molar-refractivity contribution in [1.29, 1.82) is 0 Å². The normalized spacial score (nSPS) is 12.0. The zero-order valence-corrected chi connectivity index (χ0v) is 19.0. The van der Waals surface area contributed by atoms with Crippen LogP contribution in [0.1, 0.15) is 39.2 Å². The number of benzene rings is 3. The molecule has 0 radical (unpaired) electrons. The van der Waals surface area contributed by atoms with Gasteiger partial charge in [-0.15, -0.1) is 0 Å². The van der Waals surface area contributed by atoms with Crippen LogP contribution in [0.3, 0.4) is 0 Å². The molecular weight excluding hydrogens is 450 g/mol. The zero-order chi connectivity index (χ0) is 23.3. The molecule has 0 heterocycles. The molecule has 166 valence electrons. The smallest absolute Gasteiger partial charge is 0.257 e. The summed E-state index contributed by atoms with van der Waals surface area (Å²) in [5.41, 5.74) is 1.79. The van der Waals surface area contributed by atoms with Crippen LogP contribution in [0.2, 0.25) is 5.02 Å². The fraction of sp³-hybridized carbons (Fsp3) is 0.130. The summed E-state index contributed by atoms with van der Waals surface area (Å²) in [6.45, 7) is 1.87. The Kier molecular flexibility index (Phi) is 7.17. The van der Waals surface area contributed by atoms with Gasteiger partial charge < -0.3 is 10.6 Å². The van der Waals surface area contributed by atoms with Gasteiger partial charge in [0, 0.05) is 5.69 Å². The topological polar surface area (TPSA) is 104 Å². The Balaban J connectivity index is 1.81. The van der Waals surface area contributed by atoms with Crippen LogP contribution in [0.5, 0.6) is 0 Å². The maximum atomic E-state index is 12.9. The van der Waals surface area contributed by atoms with Crippen molar-refractivity contribution in [3.63, 3.8) is 0 Å². The molecule has 0 aliphatic carbocycles. The van der Waals surface area contributed by atoms with E-state index in [9.17, 15) is 18.0 Å². The third-order valence-electron chi connectivity index (χ3n) is 4.58. The number of hydrogen-bond acceptors (Lipinski definition) is 4. The third kappa shape index (κ3) is 6.09. The Morgan fingerprint density at radius 2 is 1.53 bits per heavy atom. The zero-order valence-electron chi connectivity index (χ0n) is 17.4. The van der Waals surface area contributed by atoms with Crippen molar-refractivity contribution >= 4 is 44.8 Å². The molecule has 9 heteroatoms. The van der Waals surface area contributed by atoms with E-state index in [4.69, 9.17) is 11.6 Å². The molecule has 0 unspecified atom stereocenters. The van der Waals surface area contributed by atoms with Gasteiger partial charge in [0.05, 0.1) is 34.1 Å². The maximum absolute atomic E-state index is 12.9. The molecular formula is C23H22ClN3O4S. The molecule has 1 atom stereocenters. The van der Waals surface area contributed by atoms with Gasteiger partial charge in [0.2, 0.25) is 10.0 Å². The van der Waals surface area contributed by atoms with E-state index in [1.165, 1.54) is 18.2 Å².